The second-order valence-corrected chi connectivity index (χ2v) is 5.71. The number of fused-ring (bicyclic) bond motifs is 5. The molecule has 15 heavy (non-hydrogen) atoms. The summed E-state index contributed by atoms with van der Waals surface area (Å²) < 4.78 is 5.45. The van der Waals surface area contributed by atoms with Crippen LogP contribution < -0.4 is 0 Å². The summed E-state index contributed by atoms with van der Waals surface area (Å²) >= 11 is 0. The van der Waals surface area contributed by atoms with E-state index in [-0.39, 0.29) is 6.10 Å². The lowest BCUT2D eigenvalue weighted by Crippen LogP contribution is -2.22. The highest BCUT2D eigenvalue weighted by Crippen LogP contribution is 2.70. The average molecular weight is 210 g/mol. The summed E-state index contributed by atoms with van der Waals surface area (Å²) in [6.07, 6.45) is 5.22. The smallest absolute Gasteiger partial charge is 0.0807 e. The van der Waals surface area contributed by atoms with Gasteiger partial charge in [0.2, 0.25) is 0 Å². The molecule has 0 aromatic carbocycles. The summed E-state index contributed by atoms with van der Waals surface area (Å²) in [5.74, 6) is 4.29. The topological polar surface area (TPSA) is 29.5 Å². The van der Waals surface area contributed by atoms with Crippen molar-refractivity contribution in [2.24, 2.45) is 29.6 Å². The normalized spacial score (nSPS) is 48.0. The van der Waals surface area contributed by atoms with E-state index in [2.05, 4.69) is 6.92 Å². The minimum absolute atomic E-state index is 0.171. The van der Waals surface area contributed by atoms with Crippen LogP contribution in [0.2, 0.25) is 0 Å². The molecule has 0 aromatic rings. The van der Waals surface area contributed by atoms with Gasteiger partial charge in [0, 0.05) is 6.61 Å². The molecule has 3 aliphatic carbocycles. The van der Waals surface area contributed by atoms with E-state index >= 15 is 0 Å². The number of hydrogen-bond acceptors (Lipinski definition) is 2. The Kier molecular flexibility index (Phi) is 2.52. The van der Waals surface area contributed by atoms with Gasteiger partial charge in [0.05, 0.1) is 12.7 Å². The van der Waals surface area contributed by atoms with Crippen LogP contribution in [0.3, 0.4) is 0 Å². The average Bonchev–Trinajstić information content (AvgIpc) is 2.68. The highest BCUT2D eigenvalue weighted by atomic mass is 16.5. The van der Waals surface area contributed by atoms with Crippen molar-refractivity contribution in [3.63, 3.8) is 0 Å². The third-order valence-corrected chi connectivity index (χ3v) is 4.88. The molecule has 0 spiro atoms. The molecule has 0 amide bonds. The number of rotatable bonds is 5. The largest absolute Gasteiger partial charge is 0.390 e. The Hall–Kier alpha value is -0.0800. The third-order valence-electron chi connectivity index (χ3n) is 4.88. The lowest BCUT2D eigenvalue weighted by molar-refractivity contribution is 0.0166. The molecule has 3 rings (SSSR count). The lowest BCUT2D eigenvalue weighted by atomic mass is 9.99. The highest BCUT2D eigenvalue weighted by Gasteiger charge is 2.66. The number of aliphatic hydroxyl groups is 1. The predicted molar refractivity (Wildman–Crippen MR) is 58.4 cm³/mol. The molecule has 5 unspecified atom stereocenters. The van der Waals surface area contributed by atoms with Crippen molar-refractivity contribution in [1.29, 1.82) is 0 Å². The van der Waals surface area contributed by atoms with Crippen molar-refractivity contribution in [2.45, 2.75) is 38.7 Å². The molecule has 2 nitrogen and oxygen atoms in total. The van der Waals surface area contributed by atoms with Crippen molar-refractivity contribution in [1.82, 2.24) is 0 Å². The van der Waals surface area contributed by atoms with Gasteiger partial charge in [0.15, 0.2) is 0 Å². The van der Waals surface area contributed by atoms with Crippen molar-refractivity contribution in [3.8, 4) is 0 Å². The van der Waals surface area contributed by atoms with E-state index in [0.717, 1.165) is 36.7 Å². The Balaban J connectivity index is 1.49. The van der Waals surface area contributed by atoms with E-state index in [4.69, 9.17) is 4.74 Å². The number of ether oxygens (including phenoxy) is 1. The second-order valence-electron chi connectivity index (χ2n) is 5.71. The monoisotopic (exact) mass is 210 g/mol. The zero-order valence-electron chi connectivity index (χ0n) is 9.56. The molecule has 0 radical (unpaired) electrons. The van der Waals surface area contributed by atoms with E-state index < -0.39 is 0 Å². The van der Waals surface area contributed by atoms with Gasteiger partial charge in [-0.1, -0.05) is 6.92 Å². The minimum atomic E-state index is -0.171. The molecule has 2 bridgehead atoms. The SMILES string of the molecule is CCCOCC(O)C1C2C3CCC(C3)C12. The number of aliphatic hydroxyl groups excluding tert-OH is 1. The predicted octanol–water partition coefficient (Wildman–Crippen LogP) is 2.07. The summed E-state index contributed by atoms with van der Waals surface area (Å²) in [5.41, 5.74) is 0. The lowest BCUT2D eigenvalue weighted by Gasteiger charge is -2.15. The molecule has 0 heterocycles. The second kappa shape index (κ2) is 3.74. The molecular weight excluding hydrogens is 188 g/mol. The molecular formula is C13H22O2. The van der Waals surface area contributed by atoms with Crippen LogP contribution in [0.1, 0.15) is 32.6 Å². The Bertz CT molecular complexity index is 225. The van der Waals surface area contributed by atoms with Crippen LogP contribution >= 0.6 is 0 Å². The Labute approximate surface area is 92.0 Å². The summed E-state index contributed by atoms with van der Waals surface area (Å²) in [5, 5.41) is 10.1. The molecule has 5 atom stereocenters. The van der Waals surface area contributed by atoms with Crippen LogP contribution in [0.25, 0.3) is 0 Å². The van der Waals surface area contributed by atoms with Crippen molar-refractivity contribution in [2.75, 3.05) is 13.2 Å². The summed E-state index contributed by atoms with van der Waals surface area (Å²) in [4.78, 5) is 0. The van der Waals surface area contributed by atoms with Gasteiger partial charge in [-0.25, -0.2) is 0 Å². The first-order valence-electron chi connectivity index (χ1n) is 6.58. The van der Waals surface area contributed by atoms with Crippen LogP contribution in [-0.4, -0.2) is 24.4 Å². The Morgan fingerprint density at radius 1 is 1.27 bits per heavy atom. The molecule has 0 aliphatic heterocycles. The third kappa shape index (κ3) is 1.53. The Morgan fingerprint density at radius 2 is 1.93 bits per heavy atom. The van der Waals surface area contributed by atoms with Crippen LogP contribution in [0.4, 0.5) is 0 Å². The maximum atomic E-state index is 10.1. The Morgan fingerprint density at radius 3 is 2.53 bits per heavy atom. The van der Waals surface area contributed by atoms with Gasteiger partial charge in [-0.15, -0.1) is 0 Å². The number of hydrogen-bond donors (Lipinski definition) is 1. The zero-order valence-corrected chi connectivity index (χ0v) is 9.56. The van der Waals surface area contributed by atoms with Gasteiger partial charge in [-0.3, -0.25) is 0 Å². The van der Waals surface area contributed by atoms with E-state index in [1.54, 1.807) is 0 Å². The van der Waals surface area contributed by atoms with Gasteiger partial charge in [-0.2, -0.15) is 0 Å². The van der Waals surface area contributed by atoms with Gasteiger partial charge in [0.1, 0.15) is 0 Å². The standard InChI is InChI=1S/C13H22O2/c1-2-5-15-7-10(14)13-11-8-3-4-9(6-8)12(11)13/h8-14H,2-7H2,1H3. The maximum Gasteiger partial charge on any atom is 0.0807 e. The summed E-state index contributed by atoms with van der Waals surface area (Å²) in [6, 6.07) is 0. The first kappa shape index (κ1) is 10.1. The molecule has 86 valence electrons. The molecule has 3 fully saturated rings. The van der Waals surface area contributed by atoms with Crippen LogP contribution in [-0.2, 0) is 4.74 Å². The first-order valence-corrected chi connectivity index (χ1v) is 6.58. The van der Waals surface area contributed by atoms with Crippen molar-refractivity contribution in [3.05, 3.63) is 0 Å². The fourth-order valence-corrected chi connectivity index (χ4v) is 4.37. The van der Waals surface area contributed by atoms with E-state index in [1.807, 2.05) is 0 Å². The quantitative estimate of drug-likeness (QED) is 0.704. The molecule has 2 heteroatoms. The fourth-order valence-electron chi connectivity index (χ4n) is 4.37. The van der Waals surface area contributed by atoms with Crippen molar-refractivity contribution < 1.29 is 9.84 Å². The van der Waals surface area contributed by atoms with Crippen LogP contribution in [0.15, 0.2) is 0 Å². The highest BCUT2D eigenvalue weighted by molar-refractivity contribution is 5.14. The van der Waals surface area contributed by atoms with E-state index in [1.165, 1.54) is 19.3 Å². The first-order chi connectivity index (χ1) is 7.33. The van der Waals surface area contributed by atoms with Crippen LogP contribution in [0.5, 0.6) is 0 Å². The minimum Gasteiger partial charge on any atom is -0.390 e. The van der Waals surface area contributed by atoms with Gasteiger partial charge >= 0.3 is 0 Å². The van der Waals surface area contributed by atoms with Gasteiger partial charge < -0.3 is 9.84 Å². The van der Waals surface area contributed by atoms with E-state index in [0.29, 0.717) is 12.5 Å². The van der Waals surface area contributed by atoms with Gasteiger partial charge in [0.25, 0.3) is 0 Å². The summed E-state index contributed by atoms with van der Waals surface area (Å²) in [6.45, 7) is 3.48. The molecule has 3 saturated carbocycles. The molecule has 0 aromatic heterocycles. The fraction of sp³-hybridized carbons (Fsp3) is 1.00. The van der Waals surface area contributed by atoms with Gasteiger partial charge in [-0.05, 0) is 55.3 Å². The molecule has 3 aliphatic rings. The molecule has 1 N–H and O–H groups in total. The summed E-state index contributed by atoms with van der Waals surface area (Å²) in [7, 11) is 0. The zero-order chi connectivity index (χ0) is 10.4. The van der Waals surface area contributed by atoms with Crippen molar-refractivity contribution >= 4 is 0 Å². The molecule has 0 saturated heterocycles. The van der Waals surface area contributed by atoms with E-state index in [9.17, 15) is 5.11 Å². The van der Waals surface area contributed by atoms with Crippen LogP contribution in [0, 0.1) is 29.6 Å². The maximum absolute atomic E-state index is 10.1.